The van der Waals surface area contributed by atoms with Gasteiger partial charge in [0.15, 0.2) is 0 Å². The molecule has 2 unspecified atom stereocenters. The Labute approximate surface area is 126 Å². The zero-order chi connectivity index (χ0) is 14.9. The van der Waals surface area contributed by atoms with E-state index in [9.17, 15) is 8.42 Å². The van der Waals surface area contributed by atoms with E-state index >= 15 is 0 Å². The number of hydrogen-bond acceptors (Lipinski definition) is 4. The molecule has 116 valence electrons. The van der Waals surface area contributed by atoms with E-state index in [1.807, 2.05) is 6.07 Å². The zero-order valence-electron chi connectivity index (χ0n) is 12.3. The summed E-state index contributed by atoms with van der Waals surface area (Å²) in [6.07, 6.45) is 3.13. The molecule has 0 aliphatic carbocycles. The first-order chi connectivity index (χ1) is 10.1. The van der Waals surface area contributed by atoms with E-state index in [0.29, 0.717) is 36.7 Å². The molecule has 1 aromatic carbocycles. The molecule has 3 rings (SSSR count). The van der Waals surface area contributed by atoms with Crippen LogP contribution in [0.5, 0.6) is 0 Å². The van der Waals surface area contributed by atoms with Crippen molar-refractivity contribution in [2.45, 2.75) is 42.8 Å². The fourth-order valence-electron chi connectivity index (χ4n) is 3.24. The molecule has 0 saturated carbocycles. The second-order valence-electron chi connectivity index (χ2n) is 5.87. The Bertz CT molecular complexity index is 603. The quantitative estimate of drug-likeness (QED) is 0.912. The smallest absolute Gasteiger partial charge is 0.243 e. The molecule has 1 N–H and O–H groups in total. The van der Waals surface area contributed by atoms with Gasteiger partial charge in [-0.25, -0.2) is 8.42 Å². The first kappa shape index (κ1) is 15.0. The highest BCUT2D eigenvalue weighted by Crippen LogP contribution is 2.25. The van der Waals surface area contributed by atoms with Crippen molar-refractivity contribution in [2.24, 2.45) is 0 Å². The van der Waals surface area contributed by atoms with E-state index < -0.39 is 10.0 Å². The number of nitrogens with one attached hydrogen (secondary N) is 1. The van der Waals surface area contributed by atoms with Crippen LogP contribution >= 0.6 is 0 Å². The molecule has 1 aromatic rings. The Morgan fingerprint density at radius 2 is 2.10 bits per heavy atom. The van der Waals surface area contributed by atoms with Crippen LogP contribution < -0.4 is 5.32 Å². The number of benzene rings is 1. The van der Waals surface area contributed by atoms with E-state index in [4.69, 9.17) is 4.74 Å². The summed E-state index contributed by atoms with van der Waals surface area (Å²) >= 11 is 0. The van der Waals surface area contributed by atoms with Crippen molar-refractivity contribution in [3.63, 3.8) is 0 Å². The molecule has 2 aliphatic rings. The molecule has 0 amide bonds. The van der Waals surface area contributed by atoms with Gasteiger partial charge >= 0.3 is 0 Å². The van der Waals surface area contributed by atoms with Crippen LogP contribution in [0.15, 0.2) is 29.2 Å². The zero-order valence-corrected chi connectivity index (χ0v) is 13.1. The Kier molecular flexibility index (Phi) is 4.31. The van der Waals surface area contributed by atoms with E-state index in [0.717, 1.165) is 18.4 Å². The van der Waals surface area contributed by atoms with Gasteiger partial charge in [0, 0.05) is 32.3 Å². The SMILES string of the molecule is COCc1cccc(S(=O)(=O)N2CCC3CCC(C2)N3)c1. The van der Waals surface area contributed by atoms with Crippen molar-refractivity contribution in [2.75, 3.05) is 20.2 Å². The van der Waals surface area contributed by atoms with E-state index in [2.05, 4.69) is 5.32 Å². The van der Waals surface area contributed by atoms with Crippen molar-refractivity contribution in [1.29, 1.82) is 0 Å². The standard InChI is InChI=1S/C15H22N2O3S/c1-20-11-12-3-2-4-15(9-12)21(18,19)17-8-7-13-5-6-14(10-17)16-13/h2-4,9,13-14,16H,5-8,10-11H2,1H3. The van der Waals surface area contributed by atoms with Crippen molar-refractivity contribution < 1.29 is 13.2 Å². The van der Waals surface area contributed by atoms with Gasteiger partial charge in [-0.2, -0.15) is 4.31 Å². The lowest BCUT2D eigenvalue weighted by molar-refractivity contribution is 0.184. The van der Waals surface area contributed by atoms with Crippen molar-refractivity contribution >= 4 is 10.0 Å². The summed E-state index contributed by atoms with van der Waals surface area (Å²) in [4.78, 5) is 0.370. The highest BCUT2D eigenvalue weighted by molar-refractivity contribution is 7.89. The van der Waals surface area contributed by atoms with Crippen LogP contribution in [0, 0.1) is 0 Å². The van der Waals surface area contributed by atoms with Crippen molar-refractivity contribution in [3.05, 3.63) is 29.8 Å². The predicted molar refractivity (Wildman–Crippen MR) is 80.5 cm³/mol. The van der Waals surface area contributed by atoms with E-state index in [-0.39, 0.29) is 0 Å². The maximum atomic E-state index is 12.8. The first-order valence-electron chi connectivity index (χ1n) is 7.43. The third-order valence-electron chi connectivity index (χ3n) is 4.33. The number of methoxy groups -OCH3 is 1. The number of ether oxygens (including phenoxy) is 1. The van der Waals surface area contributed by atoms with Gasteiger partial charge in [0.2, 0.25) is 10.0 Å². The lowest BCUT2D eigenvalue weighted by atomic mass is 10.1. The van der Waals surface area contributed by atoms with Crippen LogP contribution in [0.4, 0.5) is 0 Å². The van der Waals surface area contributed by atoms with Gasteiger partial charge in [0.1, 0.15) is 0 Å². The van der Waals surface area contributed by atoms with Crippen LogP contribution in [0.2, 0.25) is 0 Å². The average Bonchev–Trinajstić information content (AvgIpc) is 2.78. The largest absolute Gasteiger partial charge is 0.380 e. The lowest BCUT2D eigenvalue weighted by Crippen LogP contribution is -2.39. The van der Waals surface area contributed by atoms with Crippen molar-refractivity contribution in [1.82, 2.24) is 9.62 Å². The molecule has 2 heterocycles. The molecule has 2 atom stereocenters. The Balaban J connectivity index is 1.84. The minimum absolute atomic E-state index is 0.300. The van der Waals surface area contributed by atoms with Gasteiger partial charge in [0.25, 0.3) is 0 Å². The molecule has 5 nitrogen and oxygen atoms in total. The highest BCUT2D eigenvalue weighted by Gasteiger charge is 2.34. The summed E-state index contributed by atoms with van der Waals surface area (Å²) in [6, 6.07) is 7.84. The third kappa shape index (κ3) is 3.13. The summed E-state index contributed by atoms with van der Waals surface area (Å²) in [5.74, 6) is 0. The molecule has 21 heavy (non-hydrogen) atoms. The molecular formula is C15H22N2O3S. The second kappa shape index (κ2) is 6.04. The molecule has 2 bridgehead atoms. The average molecular weight is 310 g/mol. The summed E-state index contributed by atoms with van der Waals surface area (Å²) in [7, 11) is -1.80. The van der Waals surface area contributed by atoms with Crippen molar-refractivity contribution in [3.8, 4) is 0 Å². The number of fused-ring (bicyclic) bond motifs is 2. The summed E-state index contributed by atoms with van der Waals surface area (Å²) in [6.45, 7) is 1.61. The summed E-state index contributed by atoms with van der Waals surface area (Å²) in [5.41, 5.74) is 0.882. The molecular weight excluding hydrogens is 288 g/mol. The monoisotopic (exact) mass is 310 g/mol. The molecule has 6 heteroatoms. The number of hydrogen-bond donors (Lipinski definition) is 1. The summed E-state index contributed by atoms with van der Waals surface area (Å²) in [5, 5.41) is 3.51. The molecule has 0 radical (unpaired) electrons. The predicted octanol–water partition coefficient (Wildman–Crippen LogP) is 1.35. The second-order valence-corrected chi connectivity index (χ2v) is 7.81. The minimum atomic E-state index is -3.41. The topological polar surface area (TPSA) is 58.6 Å². The normalized spacial score (nSPS) is 26.7. The third-order valence-corrected chi connectivity index (χ3v) is 6.19. The molecule has 0 spiro atoms. The Morgan fingerprint density at radius 3 is 2.90 bits per heavy atom. The lowest BCUT2D eigenvalue weighted by Gasteiger charge is -2.23. The fraction of sp³-hybridized carbons (Fsp3) is 0.600. The molecule has 2 saturated heterocycles. The van der Waals surface area contributed by atoms with Crippen LogP contribution in [-0.4, -0.2) is 45.0 Å². The molecule has 2 fully saturated rings. The maximum Gasteiger partial charge on any atom is 0.243 e. The Morgan fingerprint density at radius 1 is 1.29 bits per heavy atom. The molecule has 2 aliphatic heterocycles. The van der Waals surface area contributed by atoms with Gasteiger partial charge < -0.3 is 10.1 Å². The van der Waals surface area contributed by atoms with Gasteiger partial charge in [-0.3, -0.25) is 0 Å². The van der Waals surface area contributed by atoms with Gasteiger partial charge in [-0.1, -0.05) is 12.1 Å². The highest BCUT2D eigenvalue weighted by atomic mass is 32.2. The number of nitrogens with zero attached hydrogens (tertiary/aromatic N) is 1. The van der Waals surface area contributed by atoms with Crippen LogP contribution in [-0.2, 0) is 21.4 Å². The van der Waals surface area contributed by atoms with Crippen LogP contribution in [0.1, 0.15) is 24.8 Å². The van der Waals surface area contributed by atoms with Gasteiger partial charge in [-0.15, -0.1) is 0 Å². The van der Waals surface area contributed by atoms with Gasteiger partial charge in [0.05, 0.1) is 11.5 Å². The molecule has 0 aromatic heterocycles. The summed E-state index contributed by atoms with van der Waals surface area (Å²) < 4.78 is 32.4. The number of sulfonamides is 1. The first-order valence-corrected chi connectivity index (χ1v) is 8.87. The fourth-order valence-corrected chi connectivity index (χ4v) is 4.81. The van der Waals surface area contributed by atoms with E-state index in [1.165, 1.54) is 6.42 Å². The van der Waals surface area contributed by atoms with Crippen LogP contribution in [0.25, 0.3) is 0 Å². The Hall–Kier alpha value is -0.950. The minimum Gasteiger partial charge on any atom is -0.380 e. The van der Waals surface area contributed by atoms with Crippen LogP contribution in [0.3, 0.4) is 0 Å². The van der Waals surface area contributed by atoms with Gasteiger partial charge in [-0.05, 0) is 37.0 Å². The maximum absolute atomic E-state index is 12.8. The number of rotatable bonds is 4. The van der Waals surface area contributed by atoms with E-state index in [1.54, 1.807) is 29.6 Å².